The van der Waals surface area contributed by atoms with Gasteiger partial charge in [0, 0.05) is 24.9 Å². The molecular weight excluding hydrogens is 214 g/mol. The van der Waals surface area contributed by atoms with Crippen molar-refractivity contribution in [3.8, 4) is 0 Å². The van der Waals surface area contributed by atoms with Crippen LogP contribution in [0.5, 0.6) is 0 Å². The van der Waals surface area contributed by atoms with Crippen LogP contribution in [-0.4, -0.2) is 30.0 Å². The minimum absolute atomic E-state index is 0.680. The van der Waals surface area contributed by atoms with E-state index in [9.17, 15) is 0 Å². The monoisotopic (exact) mass is 239 g/mol. The molecule has 0 aliphatic rings. The molecule has 1 rings (SSSR count). The zero-order valence-electron chi connectivity index (χ0n) is 11.7. The van der Waals surface area contributed by atoms with Gasteiger partial charge in [0.05, 0.1) is 18.8 Å². The maximum absolute atomic E-state index is 5.09. The third kappa shape index (κ3) is 4.13. The van der Waals surface area contributed by atoms with E-state index in [1.165, 1.54) is 11.3 Å². The Kier molecular flexibility index (Phi) is 5.65. The number of ether oxygens (including phenoxy) is 1. The molecule has 0 aromatic carbocycles. The number of hydrogen-bond donors (Lipinski definition) is 1. The molecule has 1 aromatic heterocycles. The Morgan fingerprint density at radius 1 is 1.35 bits per heavy atom. The van der Waals surface area contributed by atoms with Crippen LogP contribution in [0.3, 0.4) is 0 Å². The minimum Gasteiger partial charge on any atom is -0.383 e. The molecule has 98 valence electrons. The van der Waals surface area contributed by atoms with Gasteiger partial charge < -0.3 is 10.1 Å². The van der Waals surface area contributed by atoms with Crippen molar-refractivity contribution in [1.82, 2.24) is 15.1 Å². The van der Waals surface area contributed by atoms with E-state index in [2.05, 4.69) is 38.1 Å². The number of nitrogens with one attached hydrogen (secondary N) is 1. The maximum atomic E-state index is 5.09. The van der Waals surface area contributed by atoms with Crippen molar-refractivity contribution in [3.63, 3.8) is 0 Å². The molecule has 0 bridgehead atoms. The van der Waals surface area contributed by atoms with Crippen molar-refractivity contribution >= 4 is 0 Å². The van der Waals surface area contributed by atoms with Crippen LogP contribution in [-0.2, 0) is 17.8 Å². The number of rotatable bonds is 7. The lowest BCUT2D eigenvalue weighted by molar-refractivity contribution is 0.182. The summed E-state index contributed by atoms with van der Waals surface area (Å²) in [5.41, 5.74) is 3.69. The van der Waals surface area contributed by atoms with Crippen LogP contribution in [0.2, 0.25) is 0 Å². The van der Waals surface area contributed by atoms with E-state index >= 15 is 0 Å². The van der Waals surface area contributed by atoms with Gasteiger partial charge in [-0.15, -0.1) is 0 Å². The second-order valence-electron chi connectivity index (χ2n) is 4.89. The van der Waals surface area contributed by atoms with Crippen LogP contribution in [0.1, 0.15) is 30.8 Å². The zero-order valence-corrected chi connectivity index (χ0v) is 11.7. The fourth-order valence-corrected chi connectivity index (χ4v) is 1.87. The molecule has 0 atom stereocenters. The summed E-state index contributed by atoms with van der Waals surface area (Å²) in [4.78, 5) is 0. The van der Waals surface area contributed by atoms with Gasteiger partial charge in [0.15, 0.2) is 0 Å². The smallest absolute Gasteiger partial charge is 0.0658 e. The summed E-state index contributed by atoms with van der Waals surface area (Å²) in [5.74, 6) is 0.680. The third-order valence-corrected chi connectivity index (χ3v) is 2.89. The summed E-state index contributed by atoms with van der Waals surface area (Å²) in [6.45, 7) is 12.1. The summed E-state index contributed by atoms with van der Waals surface area (Å²) >= 11 is 0. The Hall–Kier alpha value is -0.870. The van der Waals surface area contributed by atoms with E-state index in [0.29, 0.717) is 12.5 Å². The van der Waals surface area contributed by atoms with Crippen LogP contribution >= 0.6 is 0 Å². The molecule has 0 fully saturated rings. The summed E-state index contributed by atoms with van der Waals surface area (Å²) in [7, 11) is 1.72. The third-order valence-electron chi connectivity index (χ3n) is 2.89. The highest BCUT2D eigenvalue weighted by Gasteiger charge is 2.10. The van der Waals surface area contributed by atoms with Gasteiger partial charge >= 0.3 is 0 Å². The topological polar surface area (TPSA) is 39.1 Å². The van der Waals surface area contributed by atoms with Crippen molar-refractivity contribution in [2.75, 3.05) is 20.3 Å². The average molecular weight is 239 g/mol. The summed E-state index contributed by atoms with van der Waals surface area (Å²) < 4.78 is 7.12. The maximum Gasteiger partial charge on any atom is 0.0658 e. The molecule has 1 heterocycles. The predicted octanol–water partition coefficient (Wildman–Crippen LogP) is 1.89. The molecule has 4 heteroatoms. The summed E-state index contributed by atoms with van der Waals surface area (Å²) in [6, 6.07) is 0. The van der Waals surface area contributed by atoms with E-state index < -0.39 is 0 Å². The largest absolute Gasteiger partial charge is 0.383 e. The first-order chi connectivity index (χ1) is 8.06. The fraction of sp³-hybridized carbons (Fsp3) is 0.769. The summed E-state index contributed by atoms with van der Waals surface area (Å²) in [5, 5.41) is 8.01. The molecule has 0 aliphatic carbocycles. The molecule has 0 saturated carbocycles. The molecule has 0 aliphatic heterocycles. The van der Waals surface area contributed by atoms with Gasteiger partial charge in [-0.1, -0.05) is 13.8 Å². The standard InChI is InChI=1S/C13H25N3O/c1-10(2)8-14-9-13-11(3)15-16(12(13)4)6-7-17-5/h10,14H,6-9H2,1-5H3. The normalized spacial score (nSPS) is 11.4. The second-order valence-corrected chi connectivity index (χ2v) is 4.89. The average Bonchev–Trinajstić information content (AvgIpc) is 2.53. The van der Waals surface area contributed by atoms with Crippen LogP contribution < -0.4 is 5.32 Å². The fourth-order valence-electron chi connectivity index (χ4n) is 1.87. The molecular formula is C13H25N3O. The van der Waals surface area contributed by atoms with E-state index in [1.807, 2.05) is 4.68 Å². The number of aromatic nitrogens is 2. The van der Waals surface area contributed by atoms with Gasteiger partial charge in [0.1, 0.15) is 0 Å². The molecule has 17 heavy (non-hydrogen) atoms. The van der Waals surface area contributed by atoms with Crippen molar-refractivity contribution in [3.05, 3.63) is 17.0 Å². The molecule has 0 radical (unpaired) electrons. The van der Waals surface area contributed by atoms with Gasteiger partial charge in [-0.05, 0) is 26.3 Å². The van der Waals surface area contributed by atoms with Crippen molar-refractivity contribution in [2.24, 2.45) is 5.92 Å². The molecule has 0 unspecified atom stereocenters. The number of nitrogens with zero attached hydrogens (tertiary/aromatic N) is 2. The Morgan fingerprint density at radius 2 is 2.06 bits per heavy atom. The Bertz CT molecular complexity index is 345. The Morgan fingerprint density at radius 3 is 2.65 bits per heavy atom. The predicted molar refractivity (Wildman–Crippen MR) is 70.1 cm³/mol. The number of methoxy groups -OCH3 is 1. The van der Waals surface area contributed by atoms with Gasteiger partial charge in [-0.3, -0.25) is 4.68 Å². The summed E-state index contributed by atoms with van der Waals surface area (Å²) in [6.07, 6.45) is 0. The lowest BCUT2D eigenvalue weighted by Gasteiger charge is -2.08. The van der Waals surface area contributed by atoms with Gasteiger partial charge in [0.25, 0.3) is 0 Å². The van der Waals surface area contributed by atoms with Crippen molar-refractivity contribution < 1.29 is 4.74 Å². The first-order valence-electron chi connectivity index (χ1n) is 6.28. The highest BCUT2D eigenvalue weighted by atomic mass is 16.5. The molecule has 1 N–H and O–H groups in total. The molecule has 1 aromatic rings. The van der Waals surface area contributed by atoms with Gasteiger partial charge in [-0.2, -0.15) is 5.10 Å². The lowest BCUT2D eigenvalue weighted by atomic mass is 10.2. The quantitative estimate of drug-likeness (QED) is 0.790. The molecule has 0 saturated heterocycles. The van der Waals surface area contributed by atoms with Crippen LogP contribution in [0.4, 0.5) is 0 Å². The highest BCUT2D eigenvalue weighted by molar-refractivity contribution is 5.24. The minimum atomic E-state index is 0.680. The van der Waals surface area contributed by atoms with Crippen molar-refractivity contribution in [2.45, 2.75) is 40.8 Å². The van der Waals surface area contributed by atoms with Crippen molar-refractivity contribution in [1.29, 1.82) is 0 Å². The molecule has 0 amide bonds. The van der Waals surface area contributed by atoms with E-state index in [4.69, 9.17) is 4.74 Å². The second kappa shape index (κ2) is 6.77. The zero-order chi connectivity index (χ0) is 12.8. The van der Waals surface area contributed by atoms with E-state index in [0.717, 1.165) is 25.3 Å². The van der Waals surface area contributed by atoms with E-state index in [-0.39, 0.29) is 0 Å². The number of hydrogen-bond acceptors (Lipinski definition) is 3. The Labute approximate surface area is 104 Å². The molecule has 4 nitrogen and oxygen atoms in total. The van der Waals surface area contributed by atoms with Crippen LogP contribution in [0.25, 0.3) is 0 Å². The van der Waals surface area contributed by atoms with Crippen LogP contribution in [0.15, 0.2) is 0 Å². The van der Waals surface area contributed by atoms with Crippen LogP contribution in [0, 0.1) is 19.8 Å². The number of aryl methyl sites for hydroxylation is 1. The first kappa shape index (κ1) is 14.2. The first-order valence-corrected chi connectivity index (χ1v) is 6.28. The van der Waals surface area contributed by atoms with Gasteiger partial charge in [0.2, 0.25) is 0 Å². The highest BCUT2D eigenvalue weighted by Crippen LogP contribution is 2.12. The Balaban J connectivity index is 2.62. The molecule has 0 spiro atoms. The SMILES string of the molecule is COCCn1nc(C)c(CNCC(C)C)c1C. The van der Waals surface area contributed by atoms with E-state index in [1.54, 1.807) is 7.11 Å². The van der Waals surface area contributed by atoms with Gasteiger partial charge in [-0.25, -0.2) is 0 Å². The lowest BCUT2D eigenvalue weighted by Crippen LogP contribution is -2.19.